The van der Waals surface area contributed by atoms with Crippen molar-refractivity contribution >= 4 is 17.2 Å². The van der Waals surface area contributed by atoms with Gasteiger partial charge in [0.2, 0.25) is 0 Å². The smallest absolute Gasteiger partial charge is 0.279 e. The molecule has 28 heavy (non-hydrogen) atoms. The van der Waals surface area contributed by atoms with Crippen molar-refractivity contribution in [3.05, 3.63) is 63.5 Å². The number of halogens is 1. The van der Waals surface area contributed by atoms with Crippen molar-refractivity contribution < 1.29 is 18.7 Å². The quantitative estimate of drug-likeness (QED) is 0.636. The Labute approximate surface area is 166 Å². The normalized spacial score (nSPS) is 11.5. The van der Waals surface area contributed by atoms with Gasteiger partial charge in [-0.1, -0.05) is 0 Å². The third kappa shape index (κ3) is 3.84. The largest absolute Gasteiger partial charge is 0.493 e. The van der Waals surface area contributed by atoms with Gasteiger partial charge in [-0.25, -0.2) is 4.39 Å². The fraction of sp³-hybridized carbons (Fsp3) is 0.238. The van der Waals surface area contributed by atoms with E-state index in [1.165, 1.54) is 30.6 Å². The number of carbonyl (C=O) groups is 1. The second kappa shape index (κ2) is 8.39. The first-order valence-corrected chi connectivity index (χ1v) is 9.57. The molecule has 7 heteroatoms. The number of thiazole rings is 1. The molecule has 1 heterocycles. The van der Waals surface area contributed by atoms with Crippen LogP contribution in [0.15, 0.2) is 47.5 Å². The Balaban J connectivity index is 2.06. The van der Waals surface area contributed by atoms with Gasteiger partial charge in [0.25, 0.3) is 5.91 Å². The zero-order valence-electron chi connectivity index (χ0n) is 16.2. The molecule has 2 aromatic carbocycles. The summed E-state index contributed by atoms with van der Waals surface area (Å²) >= 11 is 1.43. The molecule has 0 aliphatic carbocycles. The molecule has 0 spiro atoms. The van der Waals surface area contributed by atoms with Crippen LogP contribution in [-0.4, -0.2) is 24.7 Å². The van der Waals surface area contributed by atoms with E-state index in [2.05, 4.69) is 4.99 Å². The molecule has 1 aromatic heterocycles. The number of hydrogen-bond donors (Lipinski definition) is 0. The average Bonchev–Trinajstić information content (AvgIpc) is 3.02. The Hall–Kier alpha value is -2.93. The van der Waals surface area contributed by atoms with Crippen LogP contribution in [0.5, 0.6) is 11.5 Å². The summed E-state index contributed by atoms with van der Waals surface area (Å²) in [5, 5.41) is 0. The van der Waals surface area contributed by atoms with E-state index < -0.39 is 0 Å². The predicted molar refractivity (Wildman–Crippen MR) is 108 cm³/mol. The lowest BCUT2D eigenvalue weighted by Crippen LogP contribution is -2.17. The second-order valence-corrected chi connectivity index (χ2v) is 7.21. The molecule has 0 bridgehead atoms. The van der Waals surface area contributed by atoms with Crippen LogP contribution in [0, 0.1) is 12.7 Å². The van der Waals surface area contributed by atoms with Crippen molar-refractivity contribution in [1.29, 1.82) is 0 Å². The number of rotatable bonds is 5. The molecule has 0 N–H and O–H groups in total. The summed E-state index contributed by atoms with van der Waals surface area (Å²) < 4.78 is 25.7. The monoisotopic (exact) mass is 400 g/mol. The van der Waals surface area contributed by atoms with Crippen LogP contribution in [0.1, 0.15) is 22.2 Å². The predicted octanol–water partition coefficient (Wildman–Crippen LogP) is 4.44. The van der Waals surface area contributed by atoms with Gasteiger partial charge in [0, 0.05) is 17.0 Å². The molecule has 0 radical (unpaired) electrons. The van der Waals surface area contributed by atoms with E-state index in [0.717, 1.165) is 16.1 Å². The minimum Gasteiger partial charge on any atom is -0.493 e. The van der Waals surface area contributed by atoms with E-state index in [-0.39, 0.29) is 11.7 Å². The highest BCUT2D eigenvalue weighted by Gasteiger charge is 2.14. The number of benzene rings is 2. The zero-order valence-corrected chi connectivity index (χ0v) is 17.0. The fourth-order valence-electron chi connectivity index (χ4n) is 2.99. The molecular weight excluding hydrogens is 379 g/mol. The fourth-order valence-corrected chi connectivity index (χ4v) is 4.05. The molecule has 0 atom stereocenters. The van der Waals surface area contributed by atoms with Crippen molar-refractivity contribution in [3.8, 4) is 22.8 Å². The Morgan fingerprint density at radius 1 is 1.11 bits per heavy atom. The maximum atomic E-state index is 13.3. The average molecular weight is 400 g/mol. The van der Waals surface area contributed by atoms with E-state index in [1.807, 2.05) is 18.4 Å². The number of amides is 1. The molecule has 0 saturated carbocycles. The number of nitrogens with zero attached hydrogens (tertiary/aromatic N) is 2. The summed E-state index contributed by atoms with van der Waals surface area (Å²) in [6.45, 7) is 4.59. The Kier molecular flexibility index (Phi) is 5.94. The zero-order chi connectivity index (χ0) is 20.3. The van der Waals surface area contributed by atoms with Crippen LogP contribution < -0.4 is 14.3 Å². The summed E-state index contributed by atoms with van der Waals surface area (Å²) in [5.74, 6) is 0.373. The lowest BCUT2D eigenvalue weighted by molar-refractivity contribution is 0.0997. The molecule has 3 rings (SSSR count). The molecule has 146 valence electrons. The molecule has 3 aromatic rings. The van der Waals surface area contributed by atoms with Crippen molar-refractivity contribution in [2.45, 2.75) is 20.4 Å². The third-order valence-corrected chi connectivity index (χ3v) is 5.33. The number of aryl methyl sites for hydroxylation is 1. The van der Waals surface area contributed by atoms with Gasteiger partial charge >= 0.3 is 0 Å². The van der Waals surface area contributed by atoms with Gasteiger partial charge in [0.05, 0.1) is 19.9 Å². The highest BCUT2D eigenvalue weighted by atomic mass is 32.1. The van der Waals surface area contributed by atoms with E-state index in [1.54, 1.807) is 37.4 Å². The van der Waals surface area contributed by atoms with Crippen molar-refractivity contribution in [3.63, 3.8) is 0 Å². The van der Waals surface area contributed by atoms with Gasteiger partial charge in [0.15, 0.2) is 16.3 Å². The van der Waals surface area contributed by atoms with Crippen LogP contribution in [0.4, 0.5) is 4.39 Å². The first-order chi connectivity index (χ1) is 13.5. The Morgan fingerprint density at radius 2 is 1.79 bits per heavy atom. The van der Waals surface area contributed by atoms with Gasteiger partial charge in [-0.2, -0.15) is 4.99 Å². The first-order valence-electron chi connectivity index (χ1n) is 8.75. The SMILES string of the molecule is CCn1c(-c2ccc(F)cc2)c(C)sc1=NC(=O)c1ccc(OC)c(OC)c1. The van der Waals surface area contributed by atoms with Crippen molar-refractivity contribution in [2.75, 3.05) is 14.2 Å². The van der Waals surface area contributed by atoms with Crippen LogP contribution in [0.2, 0.25) is 0 Å². The van der Waals surface area contributed by atoms with Gasteiger partial charge < -0.3 is 14.0 Å². The number of methoxy groups -OCH3 is 2. The van der Waals surface area contributed by atoms with Crippen molar-refractivity contribution in [2.24, 2.45) is 4.99 Å². The lowest BCUT2D eigenvalue weighted by atomic mass is 10.1. The lowest BCUT2D eigenvalue weighted by Gasteiger charge is -2.08. The minimum absolute atomic E-state index is 0.284. The summed E-state index contributed by atoms with van der Waals surface area (Å²) in [6.07, 6.45) is 0. The van der Waals surface area contributed by atoms with Gasteiger partial charge in [-0.3, -0.25) is 4.79 Å². The molecule has 0 aliphatic rings. The minimum atomic E-state index is -0.366. The van der Waals surface area contributed by atoms with Crippen LogP contribution >= 0.6 is 11.3 Å². The first kappa shape index (κ1) is 19.8. The van der Waals surface area contributed by atoms with Crippen LogP contribution in [0.25, 0.3) is 11.3 Å². The standard InChI is InChI=1S/C21H21FN2O3S/c1-5-24-19(14-6-9-16(22)10-7-14)13(2)28-21(24)23-20(25)15-8-11-17(26-3)18(12-15)27-4/h6-12H,5H2,1-4H3. The molecule has 5 nitrogen and oxygen atoms in total. The summed E-state index contributed by atoms with van der Waals surface area (Å²) in [7, 11) is 3.06. The van der Waals surface area contributed by atoms with Gasteiger partial charge in [-0.15, -0.1) is 11.3 Å². The van der Waals surface area contributed by atoms with Crippen LogP contribution in [0.3, 0.4) is 0 Å². The molecule has 1 amide bonds. The van der Waals surface area contributed by atoms with E-state index in [0.29, 0.717) is 28.4 Å². The summed E-state index contributed by atoms with van der Waals surface area (Å²) in [4.78, 5) is 18.7. The summed E-state index contributed by atoms with van der Waals surface area (Å²) in [6, 6.07) is 11.3. The molecular formula is C21H21FN2O3S. The second-order valence-electron chi connectivity index (χ2n) is 6.03. The number of aromatic nitrogens is 1. The number of hydrogen-bond acceptors (Lipinski definition) is 4. The van der Waals surface area contributed by atoms with E-state index in [4.69, 9.17) is 9.47 Å². The maximum Gasteiger partial charge on any atom is 0.279 e. The highest BCUT2D eigenvalue weighted by Crippen LogP contribution is 2.28. The maximum absolute atomic E-state index is 13.3. The highest BCUT2D eigenvalue weighted by molar-refractivity contribution is 7.09. The topological polar surface area (TPSA) is 52.8 Å². The Morgan fingerprint density at radius 3 is 2.39 bits per heavy atom. The Bertz CT molecular complexity index is 1070. The number of carbonyl (C=O) groups excluding carboxylic acids is 1. The van der Waals surface area contributed by atoms with E-state index in [9.17, 15) is 9.18 Å². The van der Waals surface area contributed by atoms with Crippen LogP contribution in [-0.2, 0) is 6.54 Å². The van der Waals surface area contributed by atoms with E-state index >= 15 is 0 Å². The molecule has 0 fully saturated rings. The number of ether oxygens (including phenoxy) is 2. The van der Waals surface area contributed by atoms with Gasteiger partial charge in [0.1, 0.15) is 5.82 Å². The summed E-state index contributed by atoms with van der Waals surface area (Å²) in [5.41, 5.74) is 2.23. The van der Waals surface area contributed by atoms with Crippen molar-refractivity contribution in [1.82, 2.24) is 4.57 Å². The molecule has 0 unspecified atom stereocenters. The third-order valence-electron chi connectivity index (χ3n) is 4.34. The molecule has 0 aliphatic heterocycles. The molecule has 0 saturated heterocycles. The van der Waals surface area contributed by atoms with Gasteiger partial charge in [-0.05, 0) is 61.9 Å².